The molecule has 1 N–H and O–H groups in total. The van der Waals surface area contributed by atoms with E-state index in [1.54, 1.807) is 0 Å². The van der Waals surface area contributed by atoms with Crippen LogP contribution in [-0.2, 0) is 4.79 Å². The van der Waals surface area contributed by atoms with Crippen LogP contribution >= 0.6 is 11.8 Å². The third kappa shape index (κ3) is 4.67. The fourth-order valence-corrected chi connectivity index (χ4v) is 3.38. The number of nitrogens with one attached hydrogen (secondary N) is 1. The van der Waals surface area contributed by atoms with Crippen molar-refractivity contribution in [3.8, 4) is 0 Å². The van der Waals surface area contributed by atoms with Crippen molar-refractivity contribution in [2.45, 2.75) is 53.2 Å². The summed E-state index contributed by atoms with van der Waals surface area (Å²) in [6.07, 6.45) is 3.40. The van der Waals surface area contributed by atoms with Gasteiger partial charge >= 0.3 is 0 Å². The Kier molecular flexibility index (Phi) is 6.67. The van der Waals surface area contributed by atoms with Crippen LogP contribution in [0.3, 0.4) is 0 Å². The van der Waals surface area contributed by atoms with Gasteiger partial charge in [0, 0.05) is 6.54 Å². The lowest BCUT2D eigenvalue weighted by atomic mass is 10.0. The molecular weight excluding hydrogens is 256 g/mol. The van der Waals surface area contributed by atoms with E-state index in [2.05, 4.69) is 51.1 Å². The molecule has 0 saturated carbocycles. The monoisotopic (exact) mass is 286 g/mol. The lowest BCUT2D eigenvalue weighted by Gasteiger charge is -2.28. The van der Waals surface area contributed by atoms with E-state index in [1.807, 2.05) is 11.8 Å². The highest BCUT2D eigenvalue weighted by Gasteiger charge is 2.40. The molecule has 3 unspecified atom stereocenters. The number of thioether (sulfide) groups is 1. The highest BCUT2D eigenvalue weighted by molar-refractivity contribution is 7.98. The van der Waals surface area contributed by atoms with E-state index >= 15 is 0 Å². The molecule has 0 radical (unpaired) electrons. The number of carbonyl (C=O) groups is 1. The molecule has 1 aliphatic rings. The van der Waals surface area contributed by atoms with Crippen molar-refractivity contribution in [3.05, 3.63) is 0 Å². The predicted octanol–water partition coefficient (Wildman–Crippen LogP) is 2.81. The Morgan fingerprint density at radius 3 is 2.37 bits per heavy atom. The van der Waals surface area contributed by atoms with Gasteiger partial charge in [-0.1, -0.05) is 34.6 Å². The summed E-state index contributed by atoms with van der Waals surface area (Å²) < 4.78 is 0. The molecule has 1 fully saturated rings. The van der Waals surface area contributed by atoms with Crippen molar-refractivity contribution >= 4 is 17.7 Å². The van der Waals surface area contributed by atoms with E-state index < -0.39 is 0 Å². The molecule has 112 valence electrons. The van der Waals surface area contributed by atoms with Gasteiger partial charge in [0.15, 0.2) is 0 Å². The van der Waals surface area contributed by atoms with Crippen molar-refractivity contribution in [3.63, 3.8) is 0 Å². The molecule has 0 aromatic carbocycles. The summed E-state index contributed by atoms with van der Waals surface area (Å²) in [5.74, 6) is 2.94. The van der Waals surface area contributed by atoms with E-state index in [9.17, 15) is 4.79 Å². The van der Waals surface area contributed by atoms with Gasteiger partial charge in [-0.15, -0.1) is 0 Å². The van der Waals surface area contributed by atoms with Gasteiger partial charge < -0.3 is 4.90 Å². The maximum Gasteiger partial charge on any atom is 0.241 e. The summed E-state index contributed by atoms with van der Waals surface area (Å²) in [6.45, 7) is 11.8. The van der Waals surface area contributed by atoms with Gasteiger partial charge in [-0.3, -0.25) is 10.1 Å². The van der Waals surface area contributed by atoms with Crippen molar-refractivity contribution in [1.29, 1.82) is 0 Å². The first kappa shape index (κ1) is 16.8. The molecule has 1 saturated heterocycles. The molecule has 1 rings (SSSR count). The molecule has 19 heavy (non-hydrogen) atoms. The molecular formula is C15H30N2OS. The molecule has 0 aromatic rings. The Balaban J connectivity index is 2.73. The van der Waals surface area contributed by atoms with Crippen LogP contribution in [0, 0.1) is 17.8 Å². The number of hydrogen-bond donors (Lipinski definition) is 1. The molecule has 1 amide bonds. The lowest BCUT2D eigenvalue weighted by Crippen LogP contribution is -2.41. The summed E-state index contributed by atoms with van der Waals surface area (Å²) in [7, 11) is 0. The van der Waals surface area contributed by atoms with Crippen LogP contribution in [0.4, 0.5) is 0 Å². The third-order valence-electron chi connectivity index (χ3n) is 3.62. The van der Waals surface area contributed by atoms with Crippen LogP contribution in [-0.4, -0.2) is 41.6 Å². The Morgan fingerprint density at radius 1 is 1.26 bits per heavy atom. The van der Waals surface area contributed by atoms with Crippen molar-refractivity contribution < 1.29 is 4.79 Å². The zero-order valence-electron chi connectivity index (χ0n) is 13.3. The van der Waals surface area contributed by atoms with Crippen LogP contribution < -0.4 is 5.32 Å². The molecule has 4 heteroatoms. The van der Waals surface area contributed by atoms with Crippen LogP contribution in [0.25, 0.3) is 0 Å². The van der Waals surface area contributed by atoms with Crippen molar-refractivity contribution in [2.75, 3.05) is 18.6 Å². The third-order valence-corrected chi connectivity index (χ3v) is 4.52. The standard InChI is InChI=1S/C15H30N2OS/c1-10(2)7-13-16-14(11(3)4)15(18)17(13)8-12(5)9-19-6/h10-14,16H,7-9H2,1-6H3. The van der Waals surface area contributed by atoms with Crippen LogP contribution in [0.2, 0.25) is 0 Å². The maximum absolute atomic E-state index is 12.5. The van der Waals surface area contributed by atoms with E-state index in [1.165, 1.54) is 0 Å². The maximum atomic E-state index is 12.5. The van der Waals surface area contributed by atoms with E-state index in [4.69, 9.17) is 0 Å². The average Bonchev–Trinajstić information content (AvgIpc) is 2.57. The highest BCUT2D eigenvalue weighted by atomic mass is 32.2. The second-order valence-corrected chi connectivity index (χ2v) is 7.50. The molecule has 0 spiro atoms. The minimum absolute atomic E-state index is 0.00484. The first-order valence-corrected chi connectivity index (χ1v) is 8.81. The molecule has 3 atom stereocenters. The largest absolute Gasteiger partial charge is 0.325 e. The molecule has 1 aliphatic heterocycles. The fraction of sp³-hybridized carbons (Fsp3) is 0.933. The first-order chi connectivity index (χ1) is 8.86. The van der Waals surface area contributed by atoms with Crippen molar-refractivity contribution in [2.24, 2.45) is 17.8 Å². The van der Waals surface area contributed by atoms with Crippen LogP contribution in [0.1, 0.15) is 41.0 Å². The molecule has 3 nitrogen and oxygen atoms in total. The fourth-order valence-electron chi connectivity index (χ4n) is 2.71. The topological polar surface area (TPSA) is 32.3 Å². The van der Waals surface area contributed by atoms with Gasteiger partial charge in [0.25, 0.3) is 0 Å². The Bertz CT molecular complexity index is 294. The number of amides is 1. The minimum Gasteiger partial charge on any atom is -0.325 e. The van der Waals surface area contributed by atoms with Gasteiger partial charge in [-0.2, -0.15) is 11.8 Å². The second kappa shape index (κ2) is 7.53. The summed E-state index contributed by atoms with van der Waals surface area (Å²) in [5, 5.41) is 3.54. The zero-order chi connectivity index (χ0) is 14.6. The van der Waals surface area contributed by atoms with E-state index in [0.717, 1.165) is 18.7 Å². The predicted molar refractivity (Wildman–Crippen MR) is 84.3 cm³/mol. The Labute approximate surface area is 122 Å². The van der Waals surface area contributed by atoms with Gasteiger partial charge in [-0.05, 0) is 36.2 Å². The average molecular weight is 286 g/mol. The minimum atomic E-state index is 0.00484. The number of nitrogens with zero attached hydrogens (tertiary/aromatic N) is 1. The number of hydrogen-bond acceptors (Lipinski definition) is 3. The Hall–Kier alpha value is -0.220. The van der Waals surface area contributed by atoms with Gasteiger partial charge in [0.2, 0.25) is 5.91 Å². The number of carbonyl (C=O) groups excluding carboxylic acids is 1. The van der Waals surface area contributed by atoms with Gasteiger partial charge in [0.1, 0.15) is 0 Å². The zero-order valence-corrected chi connectivity index (χ0v) is 14.1. The summed E-state index contributed by atoms with van der Waals surface area (Å²) in [4.78, 5) is 14.6. The summed E-state index contributed by atoms with van der Waals surface area (Å²) >= 11 is 1.86. The summed E-state index contributed by atoms with van der Waals surface area (Å²) in [6, 6.07) is 0.00484. The smallest absolute Gasteiger partial charge is 0.241 e. The SMILES string of the molecule is CSCC(C)CN1C(=O)C(C(C)C)NC1CC(C)C. The number of rotatable bonds is 7. The normalized spacial score (nSPS) is 25.7. The molecule has 0 bridgehead atoms. The van der Waals surface area contributed by atoms with E-state index in [0.29, 0.717) is 23.7 Å². The Morgan fingerprint density at radius 2 is 1.89 bits per heavy atom. The first-order valence-electron chi connectivity index (χ1n) is 7.42. The van der Waals surface area contributed by atoms with Crippen LogP contribution in [0.15, 0.2) is 0 Å². The molecule has 0 aromatic heterocycles. The van der Waals surface area contributed by atoms with Crippen molar-refractivity contribution in [1.82, 2.24) is 10.2 Å². The van der Waals surface area contributed by atoms with E-state index in [-0.39, 0.29) is 12.2 Å². The second-order valence-electron chi connectivity index (χ2n) is 6.58. The highest BCUT2D eigenvalue weighted by Crippen LogP contribution is 2.23. The lowest BCUT2D eigenvalue weighted by molar-refractivity contribution is -0.131. The van der Waals surface area contributed by atoms with Crippen LogP contribution in [0.5, 0.6) is 0 Å². The van der Waals surface area contributed by atoms with Gasteiger partial charge in [-0.25, -0.2) is 0 Å². The molecule has 0 aliphatic carbocycles. The summed E-state index contributed by atoms with van der Waals surface area (Å²) in [5.41, 5.74) is 0. The molecule has 1 heterocycles. The quantitative estimate of drug-likeness (QED) is 0.781. The van der Waals surface area contributed by atoms with Gasteiger partial charge in [0.05, 0.1) is 12.2 Å².